The van der Waals surface area contributed by atoms with Gasteiger partial charge in [0.25, 0.3) is 0 Å². The number of nitriles is 1. The zero-order chi connectivity index (χ0) is 13.8. The normalized spacial score (nSPS) is 10.0. The maximum absolute atomic E-state index is 13.6. The first kappa shape index (κ1) is 13.0. The lowest BCUT2D eigenvalue weighted by molar-refractivity contribution is 0.607. The Balaban J connectivity index is 2.26. The Kier molecular flexibility index (Phi) is 3.71. The summed E-state index contributed by atoms with van der Waals surface area (Å²) in [6.45, 7) is 2.11. The summed E-state index contributed by atoms with van der Waals surface area (Å²) in [5.74, 6) is 0.877. The van der Waals surface area contributed by atoms with E-state index < -0.39 is 0 Å². The quantitative estimate of drug-likeness (QED) is 0.846. The number of anilines is 1. The maximum atomic E-state index is 13.6. The van der Waals surface area contributed by atoms with Gasteiger partial charge in [0, 0.05) is 25.2 Å². The highest BCUT2D eigenvalue weighted by molar-refractivity contribution is 5.43. The van der Waals surface area contributed by atoms with Crippen molar-refractivity contribution in [3.63, 3.8) is 0 Å². The van der Waals surface area contributed by atoms with Gasteiger partial charge in [-0.1, -0.05) is 18.2 Å². The molecule has 0 aliphatic heterocycles. The molecule has 2 rings (SSSR count). The van der Waals surface area contributed by atoms with Crippen LogP contribution >= 0.6 is 0 Å². The SMILES string of the molecule is Cc1nc(C#N)cc(N(C)Cc2ccccc2F)n1. The first-order valence-electron chi connectivity index (χ1n) is 5.80. The number of hydrogen-bond donors (Lipinski definition) is 0. The molecular weight excluding hydrogens is 243 g/mol. The first-order chi connectivity index (χ1) is 9.10. The predicted molar refractivity (Wildman–Crippen MR) is 70.0 cm³/mol. The average molecular weight is 256 g/mol. The van der Waals surface area contributed by atoms with Crippen molar-refractivity contribution in [2.24, 2.45) is 0 Å². The molecule has 1 heterocycles. The van der Waals surface area contributed by atoms with Crippen molar-refractivity contribution in [1.29, 1.82) is 5.26 Å². The summed E-state index contributed by atoms with van der Waals surface area (Å²) >= 11 is 0. The molecule has 0 saturated heterocycles. The van der Waals surface area contributed by atoms with Crippen molar-refractivity contribution in [3.05, 3.63) is 53.2 Å². The van der Waals surface area contributed by atoms with Crippen molar-refractivity contribution >= 4 is 5.82 Å². The van der Waals surface area contributed by atoms with Crippen LogP contribution in [0.1, 0.15) is 17.1 Å². The number of benzene rings is 1. The molecule has 2 aromatic rings. The lowest BCUT2D eigenvalue weighted by Gasteiger charge is -2.18. The van der Waals surface area contributed by atoms with Crippen LogP contribution in [0.25, 0.3) is 0 Å². The van der Waals surface area contributed by atoms with Crippen LogP contribution in [0.15, 0.2) is 30.3 Å². The standard InChI is InChI=1S/C14H13FN4/c1-10-17-12(8-16)7-14(18-10)19(2)9-11-5-3-4-6-13(11)15/h3-7H,9H2,1-2H3. The zero-order valence-corrected chi connectivity index (χ0v) is 10.8. The van der Waals surface area contributed by atoms with E-state index in [1.807, 2.05) is 6.07 Å². The van der Waals surface area contributed by atoms with E-state index in [-0.39, 0.29) is 5.82 Å². The number of nitrogens with zero attached hydrogens (tertiary/aromatic N) is 4. The fourth-order valence-corrected chi connectivity index (χ4v) is 1.77. The predicted octanol–water partition coefficient (Wildman–Crippen LogP) is 2.43. The second kappa shape index (κ2) is 5.44. The van der Waals surface area contributed by atoms with E-state index in [1.165, 1.54) is 6.07 Å². The molecule has 0 unspecified atom stereocenters. The van der Waals surface area contributed by atoms with Gasteiger partial charge in [0.15, 0.2) is 0 Å². The molecule has 0 radical (unpaired) electrons. The molecule has 0 amide bonds. The molecule has 0 bridgehead atoms. The molecular formula is C14H13FN4. The topological polar surface area (TPSA) is 52.8 Å². The summed E-state index contributed by atoms with van der Waals surface area (Å²) in [6.07, 6.45) is 0. The molecule has 1 aromatic carbocycles. The molecule has 19 heavy (non-hydrogen) atoms. The molecule has 1 aromatic heterocycles. The molecule has 0 atom stereocenters. The fraction of sp³-hybridized carbons (Fsp3) is 0.214. The van der Waals surface area contributed by atoms with Gasteiger partial charge in [-0.3, -0.25) is 0 Å². The first-order valence-corrected chi connectivity index (χ1v) is 5.80. The molecule has 4 nitrogen and oxygen atoms in total. The van der Waals surface area contributed by atoms with Gasteiger partial charge in [-0.2, -0.15) is 5.26 Å². The van der Waals surface area contributed by atoms with Crippen LogP contribution in [-0.4, -0.2) is 17.0 Å². The van der Waals surface area contributed by atoms with Gasteiger partial charge >= 0.3 is 0 Å². The van der Waals surface area contributed by atoms with E-state index in [2.05, 4.69) is 9.97 Å². The van der Waals surface area contributed by atoms with Crippen molar-refractivity contribution in [2.45, 2.75) is 13.5 Å². The number of aryl methyl sites for hydroxylation is 1. The van der Waals surface area contributed by atoms with E-state index >= 15 is 0 Å². The average Bonchev–Trinajstić information content (AvgIpc) is 2.40. The fourth-order valence-electron chi connectivity index (χ4n) is 1.77. The van der Waals surface area contributed by atoms with Gasteiger partial charge in [0.1, 0.15) is 29.2 Å². The minimum absolute atomic E-state index is 0.249. The molecule has 0 aliphatic carbocycles. The summed E-state index contributed by atoms with van der Waals surface area (Å²) < 4.78 is 13.6. The van der Waals surface area contributed by atoms with Crippen molar-refractivity contribution in [1.82, 2.24) is 9.97 Å². The Bertz CT molecular complexity index is 634. The van der Waals surface area contributed by atoms with Gasteiger partial charge in [0.2, 0.25) is 0 Å². The summed E-state index contributed by atoms with van der Waals surface area (Å²) in [5.41, 5.74) is 0.891. The number of rotatable bonds is 3. The summed E-state index contributed by atoms with van der Waals surface area (Å²) in [4.78, 5) is 10.0. The van der Waals surface area contributed by atoms with Gasteiger partial charge < -0.3 is 4.90 Å². The van der Waals surface area contributed by atoms with Crippen LogP contribution in [0, 0.1) is 24.1 Å². The Morgan fingerprint density at radius 2 is 2.05 bits per heavy atom. The van der Waals surface area contributed by atoms with E-state index in [0.717, 1.165) is 0 Å². The second-order valence-corrected chi connectivity index (χ2v) is 4.22. The maximum Gasteiger partial charge on any atom is 0.146 e. The van der Waals surface area contributed by atoms with Gasteiger partial charge in [-0.05, 0) is 13.0 Å². The third kappa shape index (κ3) is 3.05. The van der Waals surface area contributed by atoms with Crippen molar-refractivity contribution < 1.29 is 4.39 Å². The van der Waals surface area contributed by atoms with Crippen LogP contribution in [0.5, 0.6) is 0 Å². The molecule has 0 spiro atoms. The zero-order valence-electron chi connectivity index (χ0n) is 10.8. The summed E-state index contributed by atoms with van der Waals surface area (Å²) in [7, 11) is 1.80. The van der Waals surface area contributed by atoms with Crippen molar-refractivity contribution in [2.75, 3.05) is 11.9 Å². The largest absolute Gasteiger partial charge is 0.355 e. The smallest absolute Gasteiger partial charge is 0.146 e. The van der Waals surface area contributed by atoms with E-state index in [1.54, 1.807) is 43.1 Å². The van der Waals surface area contributed by atoms with Gasteiger partial charge in [-0.25, -0.2) is 14.4 Å². The second-order valence-electron chi connectivity index (χ2n) is 4.22. The van der Waals surface area contributed by atoms with Gasteiger partial charge in [-0.15, -0.1) is 0 Å². The highest BCUT2D eigenvalue weighted by Gasteiger charge is 2.09. The Hall–Kier alpha value is -2.48. The number of hydrogen-bond acceptors (Lipinski definition) is 4. The third-order valence-electron chi connectivity index (χ3n) is 2.70. The van der Waals surface area contributed by atoms with Crippen LogP contribution in [-0.2, 0) is 6.54 Å². The molecule has 96 valence electrons. The van der Waals surface area contributed by atoms with E-state index in [4.69, 9.17) is 5.26 Å². The number of halogens is 1. The molecule has 0 saturated carbocycles. The van der Waals surface area contributed by atoms with Crippen LogP contribution < -0.4 is 4.90 Å². The van der Waals surface area contributed by atoms with Crippen LogP contribution in [0.2, 0.25) is 0 Å². The molecule has 0 N–H and O–H groups in total. The van der Waals surface area contributed by atoms with E-state index in [0.29, 0.717) is 29.4 Å². The van der Waals surface area contributed by atoms with E-state index in [9.17, 15) is 4.39 Å². The minimum atomic E-state index is -0.249. The summed E-state index contributed by atoms with van der Waals surface area (Å²) in [5, 5.41) is 8.88. The monoisotopic (exact) mass is 256 g/mol. The van der Waals surface area contributed by atoms with Crippen molar-refractivity contribution in [3.8, 4) is 6.07 Å². The third-order valence-corrected chi connectivity index (χ3v) is 2.70. The Morgan fingerprint density at radius 3 is 2.74 bits per heavy atom. The lowest BCUT2D eigenvalue weighted by atomic mass is 10.2. The van der Waals surface area contributed by atoms with Gasteiger partial charge in [0.05, 0.1) is 0 Å². The molecule has 0 aliphatic rings. The highest BCUT2D eigenvalue weighted by atomic mass is 19.1. The van der Waals surface area contributed by atoms with Crippen LogP contribution in [0.3, 0.4) is 0 Å². The Labute approximate surface area is 111 Å². The lowest BCUT2D eigenvalue weighted by Crippen LogP contribution is -2.19. The summed E-state index contributed by atoms with van der Waals surface area (Å²) in [6, 6.07) is 10.2. The Morgan fingerprint density at radius 1 is 1.32 bits per heavy atom. The molecule has 0 fully saturated rings. The molecule has 5 heteroatoms. The number of aromatic nitrogens is 2. The minimum Gasteiger partial charge on any atom is -0.355 e. The van der Waals surface area contributed by atoms with Crippen LogP contribution in [0.4, 0.5) is 10.2 Å². The highest BCUT2D eigenvalue weighted by Crippen LogP contribution is 2.15.